The smallest absolute Gasteiger partial charge is 0.137 e. The maximum absolute atomic E-state index is 6.50. The number of hydrogen-bond acceptors (Lipinski definition) is 3. The van der Waals surface area contributed by atoms with Crippen molar-refractivity contribution in [1.82, 2.24) is 0 Å². The Hall–Kier alpha value is -8.40. The summed E-state index contributed by atoms with van der Waals surface area (Å²) in [5, 5.41) is 2.24. The molecule has 3 nitrogen and oxygen atoms in total. The standard InChI is InChI=1S/C64H44N2O/c1-63(2)53-26-13-9-22-46(53)48-35-33-44(38-57(48)63)66(42-20-7-4-8-21-42)59-30-17-29-56-62(59)52-25-11-15-28-55(52)64(56)54-27-14-10-23-47(54)49-36-32-43(39-58(49)64)65(41-18-5-3-6-19-41)45-34-37-51-50-24-12-16-31-60(50)67-61(51)40-45/h3-40H,1-2H3. The molecule has 3 aliphatic carbocycles. The number of benzene rings is 10. The Bertz CT molecular complexity index is 3810. The molecule has 10 aromatic carbocycles. The average molecular weight is 857 g/mol. The van der Waals surface area contributed by atoms with Crippen molar-refractivity contribution in [2.24, 2.45) is 0 Å². The molecular formula is C64H44N2O. The van der Waals surface area contributed by atoms with Gasteiger partial charge in [-0.2, -0.15) is 0 Å². The lowest BCUT2D eigenvalue weighted by atomic mass is 9.70. The van der Waals surface area contributed by atoms with Crippen LogP contribution in [0.1, 0.15) is 47.2 Å². The van der Waals surface area contributed by atoms with Crippen LogP contribution in [0.5, 0.6) is 0 Å². The summed E-state index contributed by atoms with van der Waals surface area (Å²) in [5.74, 6) is 0. The average Bonchev–Trinajstić information content (AvgIpc) is 4.07. The fourth-order valence-corrected chi connectivity index (χ4v) is 12.2. The molecule has 0 fully saturated rings. The maximum atomic E-state index is 6.50. The zero-order valence-corrected chi connectivity index (χ0v) is 37.2. The molecule has 0 bridgehead atoms. The molecule has 1 heterocycles. The van der Waals surface area contributed by atoms with Gasteiger partial charge in [0.05, 0.1) is 11.1 Å². The molecule has 0 amide bonds. The molecule has 11 aromatic rings. The molecule has 3 aliphatic rings. The van der Waals surface area contributed by atoms with Crippen molar-refractivity contribution in [3.8, 4) is 33.4 Å². The van der Waals surface area contributed by atoms with Crippen molar-refractivity contribution in [3.63, 3.8) is 0 Å². The van der Waals surface area contributed by atoms with Crippen LogP contribution in [0.25, 0.3) is 55.3 Å². The van der Waals surface area contributed by atoms with Crippen LogP contribution < -0.4 is 9.80 Å². The largest absolute Gasteiger partial charge is 0.456 e. The molecule has 3 heteroatoms. The van der Waals surface area contributed by atoms with Gasteiger partial charge in [0.15, 0.2) is 0 Å². The molecule has 0 aliphatic heterocycles. The van der Waals surface area contributed by atoms with E-state index in [0.29, 0.717) is 0 Å². The number of anilines is 6. The van der Waals surface area contributed by atoms with E-state index in [2.05, 4.69) is 248 Å². The van der Waals surface area contributed by atoms with Gasteiger partial charge in [-0.05, 0) is 134 Å². The summed E-state index contributed by atoms with van der Waals surface area (Å²) in [5.41, 5.74) is 23.3. The first-order valence-electron chi connectivity index (χ1n) is 23.3. The lowest BCUT2D eigenvalue weighted by molar-refractivity contribution is 0.660. The van der Waals surface area contributed by atoms with Crippen LogP contribution in [-0.2, 0) is 10.8 Å². The Morgan fingerprint density at radius 3 is 1.55 bits per heavy atom. The highest BCUT2D eigenvalue weighted by Crippen LogP contribution is 2.65. The first-order valence-corrected chi connectivity index (χ1v) is 23.3. The van der Waals surface area contributed by atoms with Crippen LogP contribution in [0.2, 0.25) is 0 Å². The second-order valence-electron chi connectivity index (χ2n) is 18.8. The zero-order valence-electron chi connectivity index (χ0n) is 37.2. The third kappa shape index (κ3) is 5.23. The topological polar surface area (TPSA) is 19.6 Å². The van der Waals surface area contributed by atoms with Gasteiger partial charge in [-0.3, -0.25) is 0 Å². The molecule has 316 valence electrons. The van der Waals surface area contributed by atoms with Gasteiger partial charge < -0.3 is 14.2 Å². The Morgan fingerprint density at radius 1 is 0.313 bits per heavy atom. The highest BCUT2D eigenvalue weighted by atomic mass is 16.3. The van der Waals surface area contributed by atoms with Gasteiger partial charge in [0, 0.05) is 56.3 Å². The molecule has 0 saturated heterocycles. The van der Waals surface area contributed by atoms with Crippen LogP contribution in [0.4, 0.5) is 34.1 Å². The van der Waals surface area contributed by atoms with E-state index in [4.69, 9.17) is 4.42 Å². The Morgan fingerprint density at radius 2 is 0.806 bits per heavy atom. The van der Waals surface area contributed by atoms with Gasteiger partial charge in [0.2, 0.25) is 0 Å². The highest BCUT2D eigenvalue weighted by Gasteiger charge is 2.53. The molecule has 14 rings (SSSR count). The summed E-state index contributed by atoms with van der Waals surface area (Å²) >= 11 is 0. The monoisotopic (exact) mass is 856 g/mol. The molecular weight excluding hydrogens is 813 g/mol. The molecule has 0 radical (unpaired) electrons. The quantitative estimate of drug-likeness (QED) is 0.166. The Balaban J connectivity index is 1.00. The zero-order chi connectivity index (χ0) is 44.4. The second kappa shape index (κ2) is 14.1. The SMILES string of the molecule is CC1(C)c2ccccc2-c2ccc(N(c3ccccc3)c3cccc4c3-c3ccccc3C43c4ccccc4-c4ccc(N(c5ccccc5)c5ccc6c(c5)oc5ccccc56)cc43)cc21. The summed E-state index contributed by atoms with van der Waals surface area (Å²) < 4.78 is 6.50. The van der Waals surface area contributed by atoms with Gasteiger partial charge >= 0.3 is 0 Å². The molecule has 1 atom stereocenters. The fourth-order valence-electron chi connectivity index (χ4n) is 12.2. The number of hydrogen-bond donors (Lipinski definition) is 0. The van der Waals surface area contributed by atoms with Crippen LogP contribution in [0, 0.1) is 0 Å². The minimum atomic E-state index is -0.584. The molecule has 1 unspecified atom stereocenters. The number of furan rings is 1. The Labute approximate surface area is 390 Å². The summed E-state index contributed by atoms with van der Waals surface area (Å²) in [6, 6.07) is 85.0. The van der Waals surface area contributed by atoms with Crippen LogP contribution >= 0.6 is 0 Å². The van der Waals surface area contributed by atoms with Crippen molar-refractivity contribution < 1.29 is 4.42 Å². The van der Waals surface area contributed by atoms with E-state index < -0.39 is 5.41 Å². The third-order valence-electron chi connectivity index (χ3n) is 15.0. The van der Waals surface area contributed by atoms with Crippen LogP contribution in [-0.4, -0.2) is 0 Å². The minimum Gasteiger partial charge on any atom is -0.456 e. The lowest BCUT2D eigenvalue weighted by Gasteiger charge is -2.33. The van der Waals surface area contributed by atoms with Gasteiger partial charge in [-0.25, -0.2) is 0 Å². The van der Waals surface area contributed by atoms with E-state index in [1.54, 1.807) is 0 Å². The number of para-hydroxylation sites is 3. The van der Waals surface area contributed by atoms with E-state index >= 15 is 0 Å². The van der Waals surface area contributed by atoms with E-state index in [1.165, 1.54) is 66.8 Å². The lowest BCUT2D eigenvalue weighted by Crippen LogP contribution is -2.26. The fraction of sp³-hybridized carbons (Fsp3) is 0.0625. The first kappa shape index (κ1) is 37.9. The molecule has 0 saturated carbocycles. The van der Waals surface area contributed by atoms with Gasteiger partial charge in [-0.1, -0.05) is 166 Å². The van der Waals surface area contributed by atoms with Crippen LogP contribution in [0.15, 0.2) is 235 Å². The highest BCUT2D eigenvalue weighted by molar-refractivity contribution is 6.07. The van der Waals surface area contributed by atoms with E-state index in [0.717, 1.165) is 56.1 Å². The number of fused-ring (bicyclic) bond motifs is 16. The molecule has 1 aromatic heterocycles. The predicted molar refractivity (Wildman–Crippen MR) is 277 cm³/mol. The minimum absolute atomic E-state index is 0.139. The van der Waals surface area contributed by atoms with Crippen molar-refractivity contribution in [2.45, 2.75) is 24.7 Å². The number of nitrogens with zero attached hydrogens (tertiary/aromatic N) is 2. The molecule has 1 spiro atoms. The summed E-state index contributed by atoms with van der Waals surface area (Å²) in [6.07, 6.45) is 0. The van der Waals surface area contributed by atoms with Crippen molar-refractivity contribution in [2.75, 3.05) is 9.80 Å². The summed E-state index contributed by atoms with van der Waals surface area (Å²) in [6.45, 7) is 4.74. The van der Waals surface area contributed by atoms with Crippen molar-refractivity contribution in [3.05, 3.63) is 264 Å². The summed E-state index contributed by atoms with van der Waals surface area (Å²) in [4.78, 5) is 4.88. The van der Waals surface area contributed by atoms with Crippen LogP contribution in [0.3, 0.4) is 0 Å². The van der Waals surface area contributed by atoms with Crippen molar-refractivity contribution >= 4 is 56.1 Å². The second-order valence-corrected chi connectivity index (χ2v) is 18.8. The van der Waals surface area contributed by atoms with E-state index in [9.17, 15) is 0 Å². The van der Waals surface area contributed by atoms with E-state index in [-0.39, 0.29) is 5.41 Å². The normalized spacial score (nSPS) is 15.5. The predicted octanol–water partition coefficient (Wildman–Crippen LogP) is 17.2. The molecule has 67 heavy (non-hydrogen) atoms. The maximum Gasteiger partial charge on any atom is 0.137 e. The van der Waals surface area contributed by atoms with E-state index in [1.807, 2.05) is 6.07 Å². The van der Waals surface area contributed by atoms with Gasteiger partial charge in [-0.15, -0.1) is 0 Å². The summed E-state index contributed by atoms with van der Waals surface area (Å²) in [7, 11) is 0. The first-order chi connectivity index (χ1) is 33.0. The number of rotatable bonds is 6. The van der Waals surface area contributed by atoms with Gasteiger partial charge in [0.1, 0.15) is 11.2 Å². The van der Waals surface area contributed by atoms with Crippen molar-refractivity contribution in [1.29, 1.82) is 0 Å². The third-order valence-corrected chi connectivity index (χ3v) is 15.0. The van der Waals surface area contributed by atoms with Gasteiger partial charge in [0.25, 0.3) is 0 Å². The molecule has 0 N–H and O–H groups in total. The Kier molecular flexibility index (Phi) is 7.95.